The first-order valence-electron chi connectivity index (χ1n) is 6.95. The zero-order valence-corrected chi connectivity index (χ0v) is 12.1. The van der Waals surface area contributed by atoms with Crippen LogP contribution in [0.1, 0.15) is 42.4 Å². The van der Waals surface area contributed by atoms with E-state index >= 15 is 0 Å². The van der Waals surface area contributed by atoms with Crippen LogP contribution in [0.25, 0.3) is 5.57 Å². The van der Waals surface area contributed by atoms with Gasteiger partial charge in [0.25, 0.3) is 0 Å². The summed E-state index contributed by atoms with van der Waals surface area (Å²) >= 11 is 1.88. The molecule has 0 radical (unpaired) electrons. The molecule has 2 heterocycles. The van der Waals surface area contributed by atoms with Gasteiger partial charge in [-0.1, -0.05) is 18.6 Å². The Morgan fingerprint density at radius 1 is 1.24 bits per heavy atom. The number of nitriles is 1. The normalized spacial score (nSPS) is 25.1. The van der Waals surface area contributed by atoms with Crippen LogP contribution in [-0.2, 0) is 6.18 Å². The molecule has 1 aromatic rings. The van der Waals surface area contributed by atoms with Crippen molar-refractivity contribution in [1.29, 1.82) is 5.26 Å². The lowest BCUT2D eigenvalue weighted by atomic mass is 9.90. The average Bonchev–Trinajstić information content (AvgIpc) is 2.45. The molecule has 5 heteroatoms. The van der Waals surface area contributed by atoms with Crippen molar-refractivity contribution >= 4 is 17.3 Å². The van der Waals surface area contributed by atoms with Crippen LogP contribution in [-0.4, -0.2) is 10.5 Å². The van der Waals surface area contributed by atoms with Crippen LogP contribution in [0.15, 0.2) is 24.3 Å². The van der Waals surface area contributed by atoms with Crippen molar-refractivity contribution in [3.63, 3.8) is 0 Å². The Balaban J connectivity index is 2.06. The summed E-state index contributed by atoms with van der Waals surface area (Å²) < 4.78 is 39.8. The van der Waals surface area contributed by atoms with Gasteiger partial charge in [0.15, 0.2) is 0 Å². The Hall–Kier alpha value is -1.41. The van der Waals surface area contributed by atoms with Gasteiger partial charge < -0.3 is 0 Å². The number of alkyl halides is 3. The van der Waals surface area contributed by atoms with Crippen LogP contribution in [0.5, 0.6) is 0 Å². The molecule has 0 amide bonds. The highest BCUT2D eigenvalue weighted by Crippen LogP contribution is 2.45. The lowest BCUT2D eigenvalue weighted by molar-refractivity contribution is -0.137. The smallest absolute Gasteiger partial charge is 0.192 e. The fourth-order valence-electron chi connectivity index (χ4n) is 3.07. The van der Waals surface area contributed by atoms with E-state index in [1.54, 1.807) is 6.07 Å². The molecule has 0 aromatic heterocycles. The molecule has 2 aliphatic rings. The van der Waals surface area contributed by atoms with E-state index in [0.29, 0.717) is 16.9 Å². The van der Waals surface area contributed by atoms with E-state index in [-0.39, 0.29) is 11.1 Å². The van der Waals surface area contributed by atoms with Gasteiger partial charge in [-0.15, -0.1) is 0 Å². The molecule has 0 N–H and O–H groups in total. The molecule has 21 heavy (non-hydrogen) atoms. The monoisotopic (exact) mass is 309 g/mol. The summed E-state index contributed by atoms with van der Waals surface area (Å²) in [5, 5.41) is 9.59. The van der Waals surface area contributed by atoms with Crippen LogP contribution < -0.4 is 0 Å². The number of rotatable bonds is 1. The molecule has 1 nitrogen and oxygen atoms in total. The highest BCUT2D eigenvalue weighted by Gasteiger charge is 2.36. The summed E-state index contributed by atoms with van der Waals surface area (Å²) in [6.07, 6.45) is 1.54. The highest BCUT2D eigenvalue weighted by atomic mass is 32.2. The third kappa shape index (κ3) is 2.96. The fraction of sp³-hybridized carbons (Fsp3) is 0.438. The van der Waals surface area contributed by atoms with Crippen molar-refractivity contribution in [2.45, 2.75) is 42.4 Å². The molecule has 2 bridgehead atoms. The van der Waals surface area contributed by atoms with E-state index in [4.69, 9.17) is 5.26 Å². The summed E-state index contributed by atoms with van der Waals surface area (Å²) in [7, 11) is 0. The molecule has 0 spiro atoms. The Morgan fingerprint density at radius 3 is 2.71 bits per heavy atom. The maximum atomic E-state index is 13.3. The SMILES string of the molecule is N#Cc1ccc(C2=CC3CCCC(C2)S3)c(C(F)(F)F)c1. The van der Waals surface area contributed by atoms with E-state index in [1.165, 1.54) is 12.1 Å². The van der Waals surface area contributed by atoms with Crippen molar-refractivity contribution in [1.82, 2.24) is 0 Å². The van der Waals surface area contributed by atoms with Gasteiger partial charge in [0.2, 0.25) is 0 Å². The number of thioether (sulfide) groups is 1. The quantitative estimate of drug-likeness (QED) is 0.727. The minimum absolute atomic E-state index is 0.0528. The molecule has 1 fully saturated rings. The minimum atomic E-state index is -4.43. The second kappa shape index (κ2) is 5.42. The van der Waals surface area contributed by atoms with Crippen LogP contribution >= 0.6 is 11.8 Å². The molecular weight excluding hydrogens is 295 g/mol. The Bertz CT molecular complexity index is 627. The number of nitrogens with zero attached hydrogens (tertiary/aromatic N) is 1. The van der Waals surface area contributed by atoms with Crippen LogP contribution in [0, 0.1) is 11.3 Å². The molecule has 0 aliphatic carbocycles. The first-order chi connectivity index (χ1) is 9.97. The number of allylic oxidation sites excluding steroid dienone is 1. The molecule has 1 aromatic carbocycles. The van der Waals surface area contributed by atoms with E-state index in [1.807, 2.05) is 17.8 Å². The summed E-state index contributed by atoms with van der Waals surface area (Å²) in [6.45, 7) is 0. The van der Waals surface area contributed by atoms with Gasteiger partial charge in [0.1, 0.15) is 0 Å². The Morgan fingerprint density at radius 2 is 2.05 bits per heavy atom. The van der Waals surface area contributed by atoms with E-state index < -0.39 is 11.7 Å². The van der Waals surface area contributed by atoms with Crippen molar-refractivity contribution in [2.75, 3.05) is 0 Å². The number of halogens is 3. The van der Waals surface area contributed by atoms with Gasteiger partial charge in [-0.05, 0) is 42.5 Å². The summed E-state index contributed by atoms with van der Waals surface area (Å²) in [4.78, 5) is 0. The Labute approximate surface area is 125 Å². The summed E-state index contributed by atoms with van der Waals surface area (Å²) in [5.74, 6) is 0. The van der Waals surface area contributed by atoms with E-state index in [0.717, 1.165) is 30.9 Å². The number of fused-ring (bicyclic) bond motifs is 2. The lowest BCUT2D eigenvalue weighted by Gasteiger charge is -2.33. The topological polar surface area (TPSA) is 23.8 Å². The predicted octanol–water partition coefficient (Wildman–Crippen LogP) is 5.02. The zero-order chi connectivity index (χ0) is 15.0. The van der Waals surface area contributed by atoms with Gasteiger partial charge in [-0.3, -0.25) is 0 Å². The zero-order valence-electron chi connectivity index (χ0n) is 11.3. The number of hydrogen-bond donors (Lipinski definition) is 0. The molecule has 0 saturated carbocycles. The molecule has 1 saturated heterocycles. The number of hydrogen-bond acceptors (Lipinski definition) is 2. The van der Waals surface area contributed by atoms with Gasteiger partial charge >= 0.3 is 6.18 Å². The first-order valence-corrected chi connectivity index (χ1v) is 7.89. The predicted molar refractivity (Wildman–Crippen MR) is 77.8 cm³/mol. The molecule has 2 unspecified atom stereocenters. The standard InChI is InChI=1S/C16H14F3NS/c17-16(18,19)15-6-10(9-20)4-5-14(15)11-7-12-2-1-3-13(8-11)21-12/h4-7,12-13H,1-3,8H2. The maximum Gasteiger partial charge on any atom is 0.417 e. The average molecular weight is 309 g/mol. The lowest BCUT2D eigenvalue weighted by Crippen LogP contribution is -2.22. The third-order valence-corrected chi connectivity index (χ3v) is 5.53. The number of benzene rings is 1. The molecule has 2 aliphatic heterocycles. The fourth-order valence-corrected chi connectivity index (χ4v) is 4.69. The maximum absolute atomic E-state index is 13.3. The largest absolute Gasteiger partial charge is 0.417 e. The van der Waals surface area contributed by atoms with Crippen LogP contribution in [0.2, 0.25) is 0 Å². The van der Waals surface area contributed by atoms with Crippen LogP contribution in [0.3, 0.4) is 0 Å². The molecule has 2 atom stereocenters. The molecule has 3 rings (SSSR count). The third-order valence-electron chi connectivity index (χ3n) is 4.02. The second-order valence-corrected chi connectivity index (χ2v) is 7.04. The van der Waals surface area contributed by atoms with Gasteiger partial charge in [0, 0.05) is 10.5 Å². The Kier molecular flexibility index (Phi) is 3.75. The van der Waals surface area contributed by atoms with Crippen molar-refractivity contribution in [3.8, 4) is 6.07 Å². The molecule has 110 valence electrons. The van der Waals surface area contributed by atoms with Gasteiger partial charge in [-0.25, -0.2) is 0 Å². The van der Waals surface area contributed by atoms with Crippen molar-refractivity contribution in [2.24, 2.45) is 0 Å². The summed E-state index contributed by atoms with van der Waals surface area (Å²) in [5.41, 5.74) is 0.411. The second-order valence-electron chi connectivity index (χ2n) is 5.49. The van der Waals surface area contributed by atoms with Crippen molar-refractivity contribution < 1.29 is 13.2 Å². The van der Waals surface area contributed by atoms with E-state index in [2.05, 4.69) is 0 Å². The van der Waals surface area contributed by atoms with Gasteiger partial charge in [-0.2, -0.15) is 30.2 Å². The van der Waals surface area contributed by atoms with Gasteiger partial charge in [0.05, 0.1) is 17.2 Å². The first kappa shape index (κ1) is 14.5. The minimum Gasteiger partial charge on any atom is -0.192 e. The summed E-state index contributed by atoms with van der Waals surface area (Å²) in [6, 6.07) is 5.68. The van der Waals surface area contributed by atoms with Crippen LogP contribution in [0.4, 0.5) is 13.2 Å². The van der Waals surface area contributed by atoms with Crippen molar-refractivity contribution in [3.05, 3.63) is 41.0 Å². The van der Waals surface area contributed by atoms with E-state index in [9.17, 15) is 13.2 Å². The highest BCUT2D eigenvalue weighted by molar-refractivity contribution is 8.00. The molecular formula is C16H14F3NS.